The van der Waals surface area contributed by atoms with Crippen molar-refractivity contribution >= 4 is 5.91 Å². The van der Waals surface area contributed by atoms with Crippen LogP contribution in [-0.2, 0) is 11.3 Å². The SMILES string of the molecule is O=C(NCc1ccccc1)C1CCCC2C(c3ccncc3)NNC12. The minimum absolute atomic E-state index is 0.0156. The van der Waals surface area contributed by atoms with E-state index < -0.39 is 0 Å². The average molecular weight is 336 g/mol. The number of hydrogen-bond acceptors (Lipinski definition) is 4. The van der Waals surface area contributed by atoms with Crippen LogP contribution < -0.4 is 16.2 Å². The highest BCUT2D eigenvalue weighted by molar-refractivity contribution is 5.79. The molecule has 0 spiro atoms. The highest BCUT2D eigenvalue weighted by Gasteiger charge is 2.45. The Kier molecular flexibility index (Phi) is 4.76. The summed E-state index contributed by atoms with van der Waals surface area (Å²) in [4.78, 5) is 16.9. The van der Waals surface area contributed by atoms with Gasteiger partial charge in [-0.25, -0.2) is 5.43 Å². The number of pyridine rings is 1. The molecule has 1 aliphatic heterocycles. The Hall–Kier alpha value is -2.24. The quantitative estimate of drug-likeness (QED) is 0.802. The zero-order valence-electron chi connectivity index (χ0n) is 14.2. The molecule has 2 aromatic rings. The van der Waals surface area contributed by atoms with Crippen LogP contribution in [0.1, 0.15) is 36.4 Å². The molecule has 1 aromatic heterocycles. The first-order chi connectivity index (χ1) is 12.3. The zero-order chi connectivity index (χ0) is 17.1. The smallest absolute Gasteiger partial charge is 0.225 e. The van der Waals surface area contributed by atoms with E-state index in [1.165, 1.54) is 5.56 Å². The van der Waals surface area contributed by atoms with Gasteiger partial charge in [0.2, 0.25) is 5.91 Å². The van der Waals surface area contributed by atoms with E-state index in [2.05, 4.69) is 33.3 Å². The third-order valence-electron chi connectivity index (χ3n) is 5.49. The lowest BCUT2D eigenvalue weighted by Gasteiger charge is -2.33. The second kappa shape index (κ2) is 7.33. The van der Waals surface area contributed by atoms with Crippen molar-refractivity contribution in [3.8, 4) is 0 Å². The molecule has 1 aromatic carbocycles. The largest absolute Gasteiger partial charge is 0.352 e. The molecule has 3 N–H and O–H groups in total. The molecule has 1 aliphatic carbocycles. The topological polar surface area (TPSA) is 66.0 Å². The van der Waals surface area contributed by atoms with Crippen LogP contribution >= 0.6 is 0 Å². The van der Waals surface area contributed by atoms with Crippen molar-refractivity contribution in [2.24, 2.45) is 11.8 Å². The van der Waals surface area contributed by atoms with E-state index in [9.17, 15) is 4.79 Å². The molecule has 1 saturated heterocycles. The van der Waals surface area contributed by atoms with E-state index in [4.69, 9.17) is 0 Å². The van der Waals surface area contributed by atoms with E-state index >= 15 is 0 Å². The fourth-order valence-electron chi connectivity index (χ4n) is 4.22. The predicted molar refractivity (Wildman–Crippen MR) is 96.2 cm³/mol. The molecule has 4 unspecified atom stereocenters. The van der Waals surface area contributed by atoms with Crippen molar-refractivity contribution < 1.29 is 4.79 Å². The van der Waals surface area contributed by atoms with Crippen molar-refractivity contribution in [3.63, 3.8) is 0 Å². The number of carbonyl (C=O) groups excluding carboxylic acids is 1. The van der Waals surface area contributed by atoms with Gasteiger partial charge in [-0.1, -0.05) is 36.8 Å². The first kappa shape index (κ1) is 16.2. The van der Waals surface area contributed by atoms with Crippen LogP contribution in [0.3, 0.4) is 0 Å². The number of amides is 1. The second-order valence-corrected chi connectivity index (χ2v) is 6.98. The van der Waals surface area contributed by atoms with Crippen LogP contribution in [0.5, 0.6) is 0 Å². The van der Waals surface area contributed by atoms with Crippen molar-refractivity contribution in [3.05, 3.63) is 66.0 Å². The molecule has 4 atom stereocenters. The number of benzene rings is 1. The zero-order valence-corrected chi connectivity index (χ0v) is 14.2. The maximum atomic E-state index is 12.8. The summed E-state index contributed by atoms with van der Waals surface area (Å²) < 4.78 is 0. The second-order valence-electron chi connectivity index (χ2n) is 6.98. The van der Waals surface area contributed by atoms with Gasteiger partial charge in [-0.2, -0.15) is 0 Å². The summed E-state index contributed by atoms with van der Waals surface area (Å²) in [5, 5.41) is 3.12. The number of carbonyl (C=O) groups is 1. The third kappa shape index (κ3) is 3.43. The summed E-state index contributed by atoms with van der Waals surface area (Å²) in [6.45, 7) is 0.592. The third-order valence-corrected chi connectivity index (χ3v) is 5.49. The number of nitrogens with zero attached hydrogens (tertiary/aromatic N) is 1. The standard InChI is InChI=1S/C20H24N4O/c25-20(22-13-14-5-2-1-3-6-14)17-8-4-7-16-18(23-24-19(16)17)15-9-11-21-12-10-15/h1-3,5-6,9-12,16-19,23-24H,4,7-8,13H2,(H,22,25). The van der Waals surface area contributed by atoms with Gasteiger partial charge >= 0.3 is 0 Å². The van der Waals surface area contributed by atoms with E-state index in [-0.39, 0.29) is 23.9 Å². The molecule has 5 heteroatoms. The summed E-state index contributed by atoms with van der Waals surface area (Å²) in [6, 6.07) is 14.6. The number of aromatic nitrogens is 1. The Balaban J connectivity index is 1.42. The van der Waals surface area contributed by atoms with Gasteiger partial charge in [-0.15, -0.1) is 0 Å². The van der Waals surface area contributed by atoms with Crippen LogP contribution in [0, 0.1) is 11.8 Å². The summed E-state index contributed by atoms with van der Waals surface area (Å²) in [7, 11) is 0. The lowest BCUT2D eigenvalue weighted by Crippen LogP contribution is -2.47. The summed E-state index contributed by atoms with van der Waals surface area (Å²) in [6.07, 6.45) is 6.84. The van der Waals surface area contributed by atoms with Gasteiger partial charge < -0.3 is 5.32 Å². The average Bonchev–Trinajstić information content (AvgIpc) is 3.12. The molecule has 1 amide bonds. The molecule has 2 aliphatic rings. The van der Waals surface area contributed by atoms with Gasteiger partial charge in [0, 0.05) is 25.0 Å². The van der Waals surface area contributed by atoms with Gasteiger partial charge in [0.05, 0.1) is 12.0 Å². The lowest BCUT2D eigenvalue weighted by molar-refractivity contribution is -0.127. The molecule has 2 fully saturated rings. The Morgan fingerprint density at radius 1 is 1.08 bits per heavy atom. The lowest BCUT2D eigenvalue weighted by atomic mass is 9.73. The van der Waals surface area contributed by atoms with Crippen LogP contribution in [0.2, 0.25) is 0 Å². The fourth-order valence-corrected chi connectivity index (χ4v) is 4.22. The number of hydrogen-bond donors (Lipinski definition) is 3. The molecule has 0 radical (unpaired) electrons. The summed E-state index contributed by atoms with van der Waals surface area (Å²) >= 11 is 0. The molecule has 130 valence electrons. The minimum Gasteiger partial charge on any atom is -0.352 e. The van der Waals surface area contributed by atoms with Crippen molar-refractivity contribution in [2.75, 3.05) is 0 Å². The van der Waals surface area contributed by atoms with E-state index in [1.54, 1.807) is 0 Å². The molecular weight excluding hydrogens is 312 g/mol. The van der Waals surface area contributed by atoms with Gasteiger partial charge in [0.1, 0.15) is 0 Å². The molecular formula is C20H24N4O. The number of nitrogens with one attached hydrogen (secondary N) is 3. The molecule has 1 saturated carbocycles. The molecule has 2 heterocycles. The molecule has 5 nitrogen and oxygen atoms in total. The maximum Gasteiger partial charge on any atom is 0.225 e. The number of fused-ring (bicyclic) bond motifs is 1. The van der Waals surface area contributed by atoms with Crippen molar-refractivity contribution in [1.29, 1.82) is 0 Å². The Morgan fingerprint density at radius 3 is 2.68 bits per heavy atom. The summed E-state index contributed by atoms with van der Waals surface area (Å²) in [5.74, 6) is 0.605. The number of rotatable bonds is 4. The van der Waals surface area contributed by atoms with Gasteiger partial charge in [-0.3, -0.25) is 15.2 Å². The normalized spacial score (nSPS) is 28.3. The Labute approximate surface area is 148 Å². The van der Waals surface area contributed by atoms with Crippen molar-refractivity contribution in [2.45, 2.75) is 37.9 Å². The highest BCUT2D eigenvalue weighted by atomic mass is 16.1. The maximum absolute atomic E-state index is 12.8. The minimum atomic E-state index is 0.0156. The Morgan fingerprint density at radius 2 is 1.88 bits per heavy atom. The first-order valence-electron chi connectivity index (χ1n) is 9.05. The van der Waals surface area contributed by atoms with Crippen LogP contribution in [0.4, 0.5) is 0 Å². The molecule has 4 rings (SSSR count). The van der Waals surface area contributed by atoms with Gasteiger partial charge in [0.15, 0.2) is 0 Å². The van der Waals surface area contributed by atoms with Gasteiger partial charge in [-0.05, 0) is 42.0 Å². The van der Waals surface area contributed by atoms with E-state index in [0.717, 1.165) is 24.8 Å². The van der Waals surface area contributed by atoms with Crippen LogP contribution in [-0.4, -0.2) is 16.9 Å². The first-order valence-corrected chi connectivity index (χ1v) is 9.05. The van der Waals surface area contributed by atoms with Crippen LogP contribution in [0.25, 0.3) is 0 Å². The predicted octanol–water partition coefficient (Wildman–Crippen LogP) is 2.33. The molecule has 0 bridgehead atoms. The fraction of sp³-hybridized carbons (Fsp3) is 0.400. The number of hydrazine groups is 1. The van der Waals surface area contributed by atoms with Crippen molar-refractivity contribution in [1.82, 2.24) is 21.2 Å². The molecule has 25 heavy (non-hydrogen) atoms. The summed E-state index contributed by atoms with van der Waals surface area (Å²) in [5.41, 5.74) is 9.19. The van der Waals surface area contributed by atoms with E-state index in [0.29, 0.717) is 12.5 Å². The monoisotopic (exact) mass is 336 g/mol. The van der Waals surface area contributed by atoms with Crippen LogP contribution in [0.15, 0.2) is 54.9 Å². The highest BCUT2D eigenvalue weighted by Crippen LogP contribution is 2.40. The van der Waals surface area contributed by atoms with Gasteiger partial charge in [0.25, 0.3) is 0 Å². The van der Waals surface area contributed by atoms with E-state index in [1.807, 2.05) is 42.7 Å². The Bertz CT molecular complexity index is 706.